The standard InChI is InChI=1S/C60H54S2/c1-57(2,3)41-21-27-51-47(23-17-39-29-31-61-37-39)55-35-43(59(7,8)9)19-25-49(55)45(53(51)33-41)15-13-14-16-46-50-26-20-44(60(10,11)12)36-56(50)48(24-18-40-30-32-62-38-40)52-28-22-42(34-54(46)52)58(4,5)6/h19-22,25-38H,1-12H3. The van der Waals surface area contributed by atoms with Crippen LogP contribution in [-0.4, -0.2) is 0 Å². The molecular weight excluding hydrogens is 785 g/mol. The van der Waals surface area contributed by atoms with Gasteiger partial charge in [-0.05, 0) is 146 Å². The van der Waals surface area contributed by atoms with Gasteiger partial charge in [0.05, 0.1) is 0 Å². The SMILES string of the molecule is CC(C)(C)c1ccc2c(C#Cc3ccsc3)c3cc(C(C)(C)C)ccc3c(C#CC#Cc3c4ccc(C(C)(C)C)cc4c(C#Cc4ccsc4)c4ccc(C(C)(C)C)cc34)c2c1. The first-order valence-corrected chi connectivity index (χ1v) is 23.4. The predicted octanol–water partition coefficient (Wildman–Crippen LogP) is 15.8. The Kier molecular flexibility index (Phi) is 11.0. The van der Waals surface area contributed by atoms with Crippen LogP contribution in [0.2, 0.25) is 0 Å². The molecular formula is C60H54S2. The third-order valence-corrected chi connectivity index (χ3v) is 13.2. The van der Waals surface area contributed by atoms with E-state index in [9.17, 15) is 0 Å². The maximum absolute atomic E-state index is 3.65. The zero-order valence-corrected chi connectivity index (χ0v) is 39.8. The van der Waals surface area contributed by atoms with Gasteiger partial charge in [0.2, 0.25) is 0 Å². The van der Waals surface area contributed by atoms with Gasteiger partial charge in [-0.1, -0.05) is 167 Å². The summed E-state index contributed by atoms with van der Waals surface area (Å²) in [5.41, 5.74) is 11.0. The van der Waals surface area contributed by atoms with E-state index in [1.165, 1.54) is 22.3 Å². The van der Waals surface area contributed by atoms with Gasteiger partial charge in [0.25, 0.3) is 0 Å². The number of hydrogen-bond donors (Lipinski definition) is 0. The fraction of sp³-hybridized carbons (Fsp3) is 0.267. The third-order valence-electron chi connectivity index (χ3n) is 11.8. The average Bonchev–Trinajstić information content (AvgIpc) is 3.94. The smallest absolute Gasteiger partial charge is 0.0413 e. The van der Waals surface area contributed by atoms with Gasteiger partial charge in [0, 0.05) is 44.1 Å². The number of fused-ring (bicyclic) bond motifs is 4. The molecule has 62 heavy (non-hydrogen) atoms. The summed E-state index contributed by atoms with van der Waals surface area (Å²) in [6.45, 7) is 27.2. The maximum Gasteiger partial charge on any atom is 0.0413 e. The van der Waals surface area contributed by atoms with Crippen molar-refractivity contribution in [3.05, 3.63) is 162 Å². The van der Waals surface area contributed by atoms with Crippen molar-refractivity contribution < 1.29 is 0 Å². The van der Waals surface area contributed by atoms with E-state index < -0.39 is 0 Å². The van der Waals surface area contributed by atoms with Crippen LogP contribution in [0, 0.1) is 47.4 Å². The Balaban J connectivity index is 1.41. The van der Waals surface area contributed by atoms with Gasteiger partial charge in [-0.25, -0.2) is 0 Å². The van der Waals surface area contributed by atoms with Crippen LogP contribution in [0.1, 0.15) is 139 Å². The lowest BCUT2D eigenvalue weighted by atomic mass is 9.81. The second kappa shape index (κ2) is 16.0. The van der Waals surface area contributed by atoms with Crippen LogP contribution in [0.5, 0.6) is 0 Å². The summed E-state index contributed by atoms with van der Waals surface area (Å²) in [6, 6.07) is 31.6. The molecule has 0 spiro atoms. The van der Waals surface area contributed by atoms with Crippen molar-refractivity contribution in [2.75, 3.05) is 0 Å². The zero-order valence-electron chi connectivity index (χ0n) is 38.2. The minimum absolute atomic E-state index is 0.0360. The van der Waals surface area contributed by atoms with Crippen molar-refractivity contribution in [3.63, 3.8) is 0 Å². The number of benzene rings is 6. The summed E-state index contributed by atoms with van der Waals surface area (Å²) < 4.78 is 0. The minimum atomic E-state index is -0.0482. The second-order valence-electron chi connectivity index (χ2n) is 20.6. The molecule has 2 heterocycles. The van der Waals surface area contributed by atoms with E-state index in [4.69, 9.17) is 0 Å². The van der Waals surface area contributed by atoms with Crippen LogP contribution in [0.3, 0.4) is 0 Å². The van der Waals surface area contributed by atoms with Gasteiger partial charge in [-0.2, -0.15) is 22.7 Å². The van der Waals surface area contributed by atoms with E-state index in [-0.39, 0.29) is 21.7 Å². The first kappa shape index (κ1) is 42.7. The highest BCUT2D eigenvalue weighted by atomic mass is 32.1. The molecule has 0 N–H and O–H groups in total. The fourth-order valence-corrected chi connectivity index (χ4v) is 9.17. The van der Waals surface area contributed by atoms with E-state index >= 15 is 0 Å². The summed E-state index contributed by atoms with van der Waals surface area (Å²) >= 11 is 3.34. The van der Waals surface area contributed by atoms with Crippen LogP contribution >= 0.6 is 22.7 Å². The van der Waals surface area contributed by atoms with Gasteiger partial charge in [-0.3, -0.25) is 0 Å². The molecule has 0 nitrogen and oxygen atoms in total. The molecule has 8 aromatic rings. The normalized spacial score (nSPS) is 12.0. The Morgan fingerprint density at radius 1 is 0.306 bits per heavy atom. The van der Waals surface area contributed by atoms with Gasteiger partial charge in [-0.15, -0.1) is 0 Å². The Morgan fingerprint density at radius 2 is 0.581 bits per heavy atom. The fourth-order valence-electron chi connectivity index (χ4n) is 7.99. The molecule has 0 saturated carbocycles. The molecule has 2 heteroatoms. The lowest BCUT2D eigenvalue weighted by Crippen LogP contribution is -2.11. The molecule has 8 rings (SSSR count). The van der Waals surface area contributed by atoms with Crippen molar-refractivity contribution in [1.82, 2.24) is 0 Å². The molecule has 0 radical (unpaired) electrons. The summed E-state index contributed by atoms with van der Waals surface area (Å²) in [4.78, 5) is 0. The second-order valence-corrected chi connectivity index (χ2v) is 22.1. The molecule has 0 saturated heterocycles. The third kappa shape index (κ3) is 8.58. The Morgan fingerprint density at radius 3 is 0.823 bits per heavy atom. The minimum Gasteiger partial charge on any atom is -0.151 e. The van der Waals surface area contributed by atoms with E-state index in [1.807, 2.05) is 0 Å². The summed E-state index contributed by atoms with van der Waals surface area (Å²) in [7, 11) is 0. The molecule has 0 bridgehead atoms. The van der Waals surface area contributed by atoms with Crippen LogP contribution < -0.4 is 0 Å². The van der Waals surface area contributed by atoms with Gasteiger partial charge >= 0.3 is 0 Å². The maximum atomic E-state index is 3.65. The van der Waals surface area contributed by atoms with Crippen LogP contribution in [0.4, 0.5) is 0 Å². The van der Waals surface area contributed by atoms with Crippen molar-refractivity contribution in [2.24, 2.45) is 0 Å². The molecule has 0 atom stereocenters. The Hall–Kier alpha value is -6.00. The lowest BCUT2D eigenvalue weighted by Gasteiger charge is -2.22. The average molecular weight is 839 g/mol. The molecule has 306 valence electrons. The van der Waals surface area contributed by atoms with Gasteiger partial charge in [0.15, 0.2) is 0 Å². The monoisotopic (exact) mass is 838 g/mol. The van der Waals surface area contributed by atoms with Crippen molar-refractivity contribution in [1.29, 1.82) is 0 Å². The van der Waals surface area contributed by atoms with Gasteiger partial charge in [0.1, 0.15) is 0 Å². The van der Waals surface area contributed by atoms with E-state index in [0.717, 1.165) is 76.5 Å². The van der Waals surface area contributed by atoms with Crippen molar-refractivity contribution in [3.8, 4) is 47.4 Å². The number of hydrogen-bond acceptors (Lipinski definition) is 2. The molecule has 0 aliphatic heterocycles. The molecule has 0 aliphatic rings. The summed E-state index contributed by atoms with van der Waals surface area (Å²) in [5, 5.41) is 17.2. The quantitative estimate of drug-likeness (QED) is 0.105. The van der Waals surface area contributed by atoms with E-state index in [1.54, 1.807) is 22.7 Å². The van der Waals surface area contributed by atoms with Crippen LogP contribution in [0.15, 0.2) is 106 Å². The largest absolute Gasteiger partial charge is 0.151 e. The lowest BCUT2D eigenvalue weighted by molar-refractivity contribution is 0.590. The molecule has 0 aliphatic carbocycles. The molecule has 0 unspecified atom stereocenters. The Labute approximate surface area is 377 Å². The molecule has 2 aromatic heterocycles. The molecule has 0 fully saturated rings. The summed E-state index contributed by atoms with van der Waals surface area (Å²) in [6.07, 6.45) is 0. The zero-order chi connectivity index (χ0) is 44.2. The first-order chi connectivity index (χ1) is 29.3. The van der Waals surface area contributed by atoms with E-state index in [2.05, 4.69) is 237 Å². The highest BCUT2D eigenvalue weighted by Crippen LogP contribution is 2.39. The summed E-state index contributed by atoms with van der Waals surface area (Å²) in [5.74, 6) is 28.4. The van der Waals surface area contributed by atoms with Gasteiger partial charge < -0.3 is 0 Å². The molecule has 6 aromatic carbocycles. The highest BCUT2D eigenvalue weighted by Gasteiger charge is 2.22. The number of rotatable bonds is 0. The first-order valence-electron chi connectivity index (χ1n) is 21.5. The van der Waals surface area contributed by atoms with Crippen LogP contribution in [-0.2, 0) is 21.7 Å². The highest BCUT2D eigenvalue weighted by molar-refractivity contribution is 7.08. The van der Waals surface area contributed by atoms with Crippen molar-refractivity contribution in [2.45, 2.75) is 105 Å². The Bertz CT molecular complexity index is 3080. The molecule has 0 amide bonds. The van der Waals surface area contributed by atoms with Crippen molar-refractivity contribution >= 4 is 65.8 Å². The topological polar surface area (TPSA) is 0 Å². The predicted molar refractivity (Wildman–Crippen MR) is 272 cm³/mol. The number of thiophene rings is 2. The van der Waals surface area contributed by atoms with E-state index in [0.29, 0.717) is 0 Å². The van der Waals surface area contributed by atoms with Crippen LogP contribution in [0.25, 0.3) is 43.1 Å².